The van der Waals surface area contributed by atoms with Crippen LogP contribution in [-0.2, 0) is 4.79 Å². The number of carboxylic acids is 1. The van der Waals surface area contributed by atoms with Crippen LogP contribution in [0.2, 0.25) is 0 Å². The molecule has 1 aliphatic heterocycles. The molecular formula is C15H26N2O3. The van der Waals surface area contributed by atoms with Crippen molar-refractivity contribution in [2.75, 3.05) is 13.1 Å². The Morgan fingerprint density at radius 1 is 1.25 bits per heavy atom. The van der Waals surface area contributed by atoms with Gasteiger partial charge in [0.15, 0.2) is 0 Å². The fourth-order valence-corrected chi connectivity index (χ4v) is 3.47. The summed E-state index contributed by atoms with van der Waals surface area (Å²) in [5.74, 6) is 0.519. The van der Waals surface area contributed by atoms with Gasteiger partial charge in [-0.05, 0) is 30.6 Å². The third-order valence-electron chi connectivity index (χ3n) is 5.05. The molecule has 0 spiro atoms. The van der Waals surface area contributed by atoms with Gasteiger partial charge in [-0.3, -0.25) is 4.79 Å². The minimum absolute atomic E-state index is 0.0103. The molecule has 2 rings (SSSR count). The molecular weight excluding hydrogens is 256 g/mol. The number of urea groups is 1. The first-order valence-electron chi connectivity index (χ1n) is 7.74. The van der Waals surface area contributed by atoms with Gasteiger partial charge < -0.3 is 15.3 Å². The largest absolute Gasteiger partial charge is 0.481 e. The van der Waals surface area contributed by atoms with Crippen molar-refractivity contribution in [3.05, 3.63) is 0 Å². The lowest BCUT2D eigenvalue weighted by atomic mass is 9.78. The lowest BCUT2D eigenvalue weighted by Gasteiger charge is -2.35. The summed E-state index contributed by atoms with van der Waals surface area (Å²) in [6.45, 7) is 5.73. The molecule has 20 heavy (non-hydrogen) atoms. The van der Waals surface area contributed by atoms with E-state index in [4.69, 9.17) is 5.11 Å². The predicted molar refractivity (Wildman–Crippen MR) is 76.4 cm³/mol. The average Bonchev–Trinajstić information content (AvgIpc) is 2.82. The topological polar surface area (TPSA) is 69.6 Å². The van der Waals surface area contributed by atoms with Crippen LogP contribution in [0.3, 0.4) is 0 Å². The minimum atomic E-state index is -0.771. The van der Waals surface area contributed by atoms with Crippen LogP contribution in [0.25, 0.3) is 0 Å². The van der Waals surface area contributed by atoms with Crippen molar-refractivity contribution in [3.63, 3.8) is 0 Å². The van der Waals surface area contributed by atoms with Crippen LogP contribution in [0.1, 0.15) is 46.0 Å². The average molecular weight is 282 g/mol. The second-order valence-corrected chi connectivity index (χ2v) is 6.52. The van der Waals surface area contributed by atoms with Gasteiger partial charge in [0.2, 0.25) is 0 Å². The maximum Gasteiger partial charge on any atom is 0.317 e. The van der Waals surface area contributed by atoms with E-state index >= 15 is 0 Å². The molecule has 0 bridgehead atoms. The molecule has 0 radical (unpaired) electrons. The van der Waals surface area contributed by atoms with E-state index in [2.05, 4.69) is 19.2 Å². The molecule has 2 N–H and O–H groups in total. The van der Waals surface area contributed by atoms with Crippen molar-refractivity contribution < 1.29 is 14.7 Å². The van der Waals surface area contributed by atoms with E-state index in [1.165, 1.54) is 12.8 Å². The number of amides is 2. The van der Waals surface area contributed by atoms with Crippen LogP contribution in [0.4, 0.5) is 4.79 Å². The van der Waals surface area contributed by atoms with Gasteiger partial charge in [-0.15, -0.1) is 0 Å². The van der Waals surface area contributed by atoms with Crippen molar-refractivity contribution in [1.82, 2.24) is 10.2 Å². The lowest BCUT2D eigenvalue weighted by molar-refractivity contribution is -0.138. The quantitative estimate of drug-likeness (QED) is 0.834. The fraction of sp³-hybridized carbons (Fsp3) is 0.867. The molecule has 1 saturated carbocycles. The Balaban J connectivity index is 1.82. The Morgan fingerprint density at radius 2 is 2.00 bits per heavy atom. The highest BCUT2D eigenvalue weighted by Crippen LogP contribution is 2.30. The van der Waals surface area contributed by atoms with E-state index in [0.29, 0.717) is 24.9 Å². The summed E-state index contributed by atoms with van der Waals surface area (Å²) >= 11 is 0. The molecule has 0 aromatic rings. The number of nitrogens with zero attached hydrogens (tertiary/aromatic N) is 1. The van der Waals surface area contributed by atoms with Crippen molar-refractivity contribution in [1.29, 1.82) is 0 Å². The van der Waals surface area contributed by atoms with E-state index in [-0.39, 0.29) is 24.4 Å². The summed E-state index contributed by atoms with van der Waals surface area (Å²) in [4.78, 5) is 24.8. The summed E-state index contributed by atoms with van der Waals surface area (Å²) < 4.78 is 0. The van der Waals surface area contributed by atoms with Crippen molar-refractivity contribution >= 4 is 12.0 Å². The zero-order valence-electron chi connectivity index (χ0n) is 12.5. The van der Waals surface area contributed by atoms with E-state index in [9.17, 15) is 9.59 Å². The van der Waals surface area contributed by atoms with Crippen LogP contribution < -0.4 is 5.32 Å². The highest BCUT2D eigenvalue weighted by atomic mass is 16.4. The number of aliphatic carboxylic acids is 1. The highest BCUT2D eigenvalue weighted by Gasteiger charge is 2.32. The smallest absolute Gasteiger partial charge is 0.317 e. The zero-order chi connectivity index (χ0) is 14.7. The lowest BCUT2D eigenvalue weighted by Crippen LogP contribution is -2.48. The van der Waals surface area contributed by atoms with Crippen LogP contribution in [-0.4, -0.2) is 41.1 Å². The molecule has 1 aliphatic carbocycles. The van der Waals surface area contributed by atoms with Gasteiger partial charge in [0.1, 0.15) is 0 Å². The third kappa shape index (κ3) is 3.64. The molecule has 5 nitrogen and oxygen atoms in total. The summed E-state index contributed by atoms with van der Waals surface area (Å²) in [6.07, 6.45) is 4.46. The molecule has 4 atom stereocenters. The fourth-order valence-electron chi connectivity index (χ4n) is 3.47. The van der Waals surface area contributed by atoms with Gasteiger partial charge in [0.25, 0.3) is 0 Å². The van der Waals surface area contributed by atoms with E-state index < -0.39 is 5.97 Å². The first kappa shape index (κ1) is 15.1. The molecule has 2 amide bonds. The molecule has 2 fully saturated rings. The number of hydrogen-bond acceptors (Lipinski definition) is 2. The van der Waals surface area contributed by atoms with Crippen LogP contribution in [0, 0.1) is 17.8 Å². The number of rotatable bonds is 3. The molecule has 1 saturated heterocycles. The normalized spacial score (nSPS) is 34.0. The SMILES string of the molecule is CC1CCCC(NC(=O)N2CCC(CC(=O)O)C2)C1C. The second-order valence-electron chi connectivity index (χ2n) is 6.52. The minimum Gasteiger partial charge on any atom is -0.481 e. The highest BCUT2D eigenvalue weighted by molar-refractivity contribution is 5.75. The van der Waals surface area contributed by atoms with Gasteiger partial charge in [-0.25, -0.2) is 4.79 Å². The monoisotopic (exact) mass is 282 g/mol. The van der Waals surface area contributed by atoms with Gasteiger partial charge in [0, 0.05) is 25.6 Å². The Bertz CT molecular complexity index is 372. The standard InChI is InChI=1S/C15H26N2O3/c1-10-4-3-5-13(11(10)2)16-15(20)17-7-6-12(9-17)8-14(18)19/h10-13H,3-9H2,1-2H3,(H,16,20)(H,18,19). The molecule has 5 heteroatoms. The van der Waals surface area contributed by atoms with Gasteiger partial charge in [-0.2, -0.15) is 0 Å². The predicted octanol–water partition coefficient (Wildman–Crippen LogP) is 2.32. The Labute approximate surface area is 120 Å². The van der Waals surface area contributed by atoms with E-state index in [1.54, 1.807) is 4.90 Å². The third-order valence-corrected chi connectivity index (χ3v) is 5.05. The van der Waals surface area contributed by atoms with Crippen molar-refractivity contribution in [2.24, 2.45) is 17.8 Å². The van der Waals surface area contributed by atoms with Crippen molar-refractivity contribution in [3.8, 4) is 0 Å². The van der Waals surface area contributed by atoms with E-state index in [1.807, 2.05) is 0 Å². The summed E-state index contributed by atoms with van der Waals surface area (Å²) in [6, 6.07) is 0.258. The molecule has 0 aromatic heterocycles. The molecule has 4 unspecified atom stereocenters. The van der Waals surface area contributed by atoms with Gasteiger partial charge >= 0.3 is 12.0 Å². The molecule has 0 aromatic carbocycles. The number of carbonyl (C=O) groups is 2. The maximum atomic E-state index is 12.3. The van der Waals surface area contributed by atoms with Crippen molar-refractivity contribution in [2.45, 2.75) is 52.0 Å². The molecule has 114 valence electrons. The Morgan fingerprint density at radius 3 is 2.70 bits per heavy atom. The number of carbonyl (C=O) groups excluding carboxylic acids is 1. The Kier molecular flexibility index (Phi) is 4.89. The summed E-state index contributed by atoms with van der Waals surface area (Å²) in [7, 11) is 0. The van der Waals surface area contributed by atoms with E-state index in [0.717, 1.165) is 12.8 Å². The van der Waals surface area contributed by atoms with Crippen LogP contribution >= 0.6 is 0 Å². The van der Waals surface area contributed by atoms with Gasteiger partial charge in [-0.1, -0.05) is 26.7 Å². The maximum absolute atomic E-state index is 12.3. The van der Waals surface area contributed by atoms with Gasteiger partial charge in [0.05, 0.1) is 0 Å². The second kappa shape index (κ2) is 6.46. The number of nitrogens with one attached hydrogen (secondary N) is 1. The molecule has 1 heterocycles. The van der Waals surface area contributed by atoms with Crippen LogP contribution in [0.5, 0.6) is 0 Å². The summed E-state index contributed by atoms with van der Waals surface area (Å²) in [5, 5.41) is 12.0. The zero-order valence-corrected chi connectivity index (χ0v) is 12.5. The first-order chi connectivity index (χ1) is 9.47. The number of likely N-dealkylation sites (tertiary alicyclic amines) is 1. The van der Waals surface area contributed by atoms with Crippen LogP contribution in [0.15, 0.2) is 0 Å². The number of hydrogen-bond donors (Lipinski definition) is 2. The summed E-state index contributed by atoms with van der Waals surface area (Å²) in [5.41, 5.74) is 0. The Hall–Kier alpha value is -1.26. The first-order valence-corrected chi connectivity index (χ1v) is 7.74. The number of carboxylic acid groups (broad SMARTS) is 1. The molecule has 2 aliphatic rings.